The summed E-state index contributed by atoms with van der Waals surface area (Å²) in [4.78, 5) is 15.2. The molecule has 3 rings (SSSR count). The minimum absolute atomic E-state index is 0.0982. The number of nitrogens with one attached hydrogen (secondary N) is 1. The van der Waals surface area contributed by atoms with Crippen LogP contribution in [0.3, 0.4) is 0 Å². The fourth-order valence-electron chi connectivity index (χ4n) is 2.09. The molecule has 0 saturated heterocycles. The third-order valence-corrected chi connectivity index (χ3v) is 3.35. The van der Waals surface area contributed by atoms with Gasteiger partial charge < -0.3 is 5.11 Å². The van der Waals surface area contributed by atoms with E-state index in [-0.39, 0.29) is 17.0 Å². The molecule has 2 aromatic heterocycles. The molecule has 0 aliphatic rings. The van der Waals surface area contributed by atoms with E-state index in [2.05, 4.69) is 10.1 Å². The number of nitrogens with zero attached hydrogens (tertiary/aromatic N) is 3. The Hall–Kier alpha value is -2.31. The van der Waals surface area contributed by atoms with Crippen LogP contribution in [-0.2, 0) is 0 Å². The lowest BCUT2D eigenvalue weighted by molar-refractivity contribution is 0.0990. The van der Waals surface area contributed by atoms with Crippen molar-refractivity contribution < 1.29 is 9.90 Å². The normalized spacial score (nSPS) is 11.0. The largest absolute Gasteiger partial charge is 0.507 e. The monoisotopic (exact) mass is 321 g/mol. The number of aromatic hydroxyl groups is 1. The van der Waals surface area contributed by atoms with E-state index in [1.807, 2.05) is 0 Å². The van der Waals surface area contributed by atoms with Crippen molar-refractivity contribution in [3.05, 3.63) is 46.2 Å². The maximum Gasteiger partial charge on any atom is 0.277 e. The van der Waals surface area contributed by atoms with E-state index in [0.717, 1.165) is 0 Å². The van der Waals surface area contributed by atoms with Crippen molar-refractivity contribution in [2.24, 2.45) is 0 Å². The molecule has 105 valence electrons. The van der Waals surface area contributed by atoms with Crippen LogP contribution in [0.5, 0.6) is 5.75 Å². The standard InChI is InChI=1S/C13H7Cl2N4O2/c14-7-1-6(2-8(15)3-7)9-4-10(20)11(12(16)21)13-17-5-18-19(9)13/h1-5,16,20H. The number of aromatic nitrogens is 3. The van der Waals surface area contributed by atoms with Crippen LogP contribution in [0, 0.1) is 0 Å². The molecule has 0 aliphatic heterocycles. The highest BCUT2D eigenvalue weighted by molar-refractivity contribution is 6.35. The zero-order valence-electron chi connectivity index (χ0n) is 10.3. The molecule has 0 bridgehead atoms. The molecule has 6 nitrogen and oxygen atoms in total. The summed E-state index contributed by atoms with van der Waals surface area (Å²) in [5.74, 6) is -1.39. The van der Waals surface area contributed by atoms with Gasteiger partial charge in [-0.25, -0.2) is 9.50 Å². The average Bonchev–Trinajstić information content (AvgIpc) is 2.84. The van der Waals surface area contributed by atoms with Gasteiger partial charge in [0.05, 0.1) is 5.69 Å². The first-order chi connectivity index (χ1) is 9.97. The lowest BCUT2D eigenvalue weighted by Gasteiger charge is -2.09. The molecule has 21 heavy (non-hydrogen) atoms. The number of fused-ring (bicyclic) bond motifs is 1. The Bertz CT molecular complexity index is 856. The van der Waals surface area contributed by atoms with Crippen LogP contribution in [-0.4, -0.2) is 25.6 Å². The first kappa shape index (κ1) is 13.7. The Labute approximate surface area is 128 Å². The van der Waals surface area contributed by atoms with Gasteiger partial charge in [-0.1, -0.05) is 23.2 Å². The third-order valence-electron chi connectivity index (χ3n) is 2.91. The maximum absolute atomic E-state index is 11.3. The van der Waals surface area contributed by atoms with E-state index in [1.54, 1.807) is 18.2 Å². The van der Waals surface area contributed by atoms with Gasteiger partial charge in [0.25, 0.3) is 5.91 Å². The van der Waals surface area contributed by atoms with E-state index >= 15 is 0 Å². The van der Waals surface area contributed by atoms with Crippen LogP contribution >= 0.6 is 23.2 Å². The smallest absolute Gasteiger partial charge is 0.277 e. The number of amides is 1. The number of pyridine rings is 1. The van der Waals surface area contributed by atoms with Crippen molar-refractivity contribution in [3.8, 4) is 17.0 Å². The van der Waals surface area contributed by atoms with Crippen molar-refractivity contribution in [2.45, 2.75) is 0 Å². The Kier molecular flexibility index (Phi) is 3.19. The van der Waals surface area contributed by atoms with E-state index in [4.69, 9.17) is 28.9 Å². The lowest BCUT2D eigenvalue weighted by Crippen LogP contribution is -2.06. The van der Waals surface area contributed by atoms with Gasteiger partial charge in [0, 0.05) is 21.7 Å². The van der Waals surface area contributed by atoms with Crippen LogP contribution in [0.2, 0.25) is 10.0 Å². The second-order valence-electron chi connectivity index (χ2n) is 4.27. The summed E-state index contributed by atoms with van der Waals surface area (Å²) in [6.07, 6.45) is 1.23. The van der Waals surface area contributed by atoms with Crippen LogP contribution < -0.4 is 5.73 Å². The van der Waals surface area contributed by atoms with E-state index < -0.39 is 5.91 Å². The van der Waals surface area contributed by atoms with Crippen LogP contribution in [0.15, 0.2) is 30.6 Å². The van der Waals surface area contributed by atoms with Gasteiger partial charge in [-0.3, -0.25) is 10.5 Å². The predicted octanol–water partition coefficient (Wildman–Crippen LogP) is 2.83. The second kappa shape index (κ2) is 4.91. The van der Waals surface area contributed by atoms with Crippen molar-refractivity contribution >= 4 is 34.8 Å². The third kappa shape index (κ3) is 2.28. The number of hydrogen-bond donors (Lipinski definition) is 1. The highest BCUT2D eigenvalue weighted by atomic mass is 35.5. The highest BCUT2D eigenvalue weighted by Crippen LogP contribution is 2.32. The van der Waals surface area contributed by atoms with Crippen molar-refractivity contribution in [1.82, 2.24) is 20.3 Å². The first-order valence-electron chi connectivity index (χ1n) is 5.75. The minimum Gasteiger partial charge on any atom is -0.507 e. The Morgan fingerprint density at radius 2 is 1.86 bits per heavy atom. The van der Waals surface area contributed by atoms with Crippen LogP contribution in [0.25, 0.3) is 16.9 Å². The molecule has 1 aromatic carbocycles. The van der Waals surface area contributed by atoms with Gasteiger partial charge in [0.15, 0.2) is 5.65 Å². The minimum atomic E-state index is -1.04. The van der Waals surface area contributed by atoms with Crippen molar-refractivity contribution in [2.75, 3.05) is 0 Å². The molecule has 0 aliphatic carbocycles. The van der Waals surface area contributed by atoms with Crippen LogP contribution in [0.4, 0.5) is 0 Å². The quantitative estimate of drug-likeness (QED) is 0.785. The van der Waals surface area contributed by atoms with Gasteiger partial charge in [-0.15, -0.1) is 0 Å². The lowest BCUT2D eigenvalue weighted by atomic mass is 10.1. The van der Waals surface area contributed by atoms with E-state index in [9.17, 15) is 9.90 Å². The molecule has 0 unspecified atom stereocenters. The van der Waals surface area contributed by atoms with Gasteiger partial charge in [0.2, 0.25) is 0 Å². The SMILES string of the molecule is [NH]C(=O)c1c(O)cc(-c2cc(Cl)cc(Cl)c2)n2ncnc12. The van der Waals surface area contributed by atoms with Crippen LogP contribution in [0.1, 0.15) is 10.4 Å². The maximum atomic E-state index is 11.3. The second-order valence-corrected chi connectivity index (χ2v) is 5.15. The molecule has 0 spiro atoms. The Morgan fingerprint density at radius 1 is 1.19 bits per heavy atom. The zero-order chi connectivity index (χ0) is 15.1. The number of rotatable bonds is 2. The molecule has 0 atom stereocenters. The summed E-state index contributed by atoms with van der Waals surface area (Å²) >= 11 is 11.9. The summed E-state index contributed by atoms with van der Waals surface area (Å²) in [5.41, 5.74) is 8.15. The molecule has 8 heteroatoms. The molecule has 0 saturated carbocycles. The molecular formula is C13H7Cl2N4O2. The van der Waals surface area contributed by atoms with Gasteiger partial charge in [-0.05, 0) is 18.2 Å². The summed E-state index contributed by atoms with van der Waals surface area (Å²) in [5, 5.41) is 14.8. The number of benzene rings is 1. The number of carbonyl (C=O) groups is 1. The summed E-state index contributed by atoms with van der Waals surface area (Å²) in [7, 11) is 0. The molecule has 3 aromatic rings. The molecule has 0 fully saturated rings. The molecular weight excluding hydrogens is 315 g/mol. The van der Waals surface area contributed by atoms with Gasteiger partial charge in [0.1, 0.15) is 17.6 Å². The molecule has 1 radical (unpaired) electrons. The summed E-state index contributed by atoms with van der Waals surface area (Å²) in [6, 6.07) is 6.19. The molecule has 1 amide bonds. The number of halogens is 2. The fourth-order valence-corrected chi connectivity index (χ4v) is 2.62. The first-order valence-corrected chi connectivity index (χ1v) is 6.51. The topological polar surface area (TPSA) is 91.3 Å². The molecule has 2 heterocycles. The Balaban J connectivity index is 2.36. The number of carbonyl (C=O) groups excluding carboxylic acids is 1. The summed E-state index contributed by atoms with van der Waals surface area (Å²) in [6.45, 7) is 0. The van der Waals surface area contributed by atoms with Gasteiger partial charge in [-0.2, -0.15) is 5.10 Å². The molecule has 2 N–H and O–H groups in total. The Morgan fingerprint density at radius 3 is 2.48 bits per heavy atom. The van der Waals surface area contributed by atoms with Crippen molar-refractivity contribution in [3.63, 3.8) is 0 Å². The zero-order valence-corrected chi connectivity index (χ0v) is 11.9. The fraction of sp³-hybridized carbons (Fsp3) is 0. The van der Waals surface area contributed by atoms with Gasteiger partial charge >= 0.3 is 0 Å². The summed E-state index contributed by atoms with van der Waals surface area (Å²) < 4.78 is 1.35. The predicted molar refractivity (Wildman–Crippen MR) is 77.5 cm³/mol. The van der Waals surface area contributed by atoms with E-state index in [0.29, 0.717) is 21.3 Å². The van der Waals surface area contributed by atoms with Crippen molar-refractivity contribution in [1.29, 1.82) is 0 Å². The van der Waals surface area contributed by atoms with E-state index in [1.165, 1.54) is 16.9 Å². The number of hydrogen-bond acceptors (Lipinski definition) is 4. The highest BCUT2D eigenvalue weighted by Gasteiger charge is 2.19. The average molecular weight is 322 g/mol.